The number of allylic oxidation sites excluding steroid dienone is 1. The zero-order chi connectivity index (χ0) is 19.8. The average Bonchev–Trinajstić information content (AvgIpc) is 2.53. The van der Waals surface area contributed by atoms with Gasteiger partial charge in [0.1, 0.15) is 5.70 Å². The normalized spacial score (nSPS) is 20.5. The Hall–Kier alpha value is -2.23. The van der Waals surface area contributed by atoms with E-state index in [2.05, 4.69) is 15.6 Å². The fraction of sp³-hybridized carbons (Fsp3) is 0.333. The highest BCUT2D eigenvalue weighted by Crippen LogP contribution is 2.40. The molecule has 26 heavy (non-hydrogen) atoms. The van der Waals surface area contributed by atoms with Gasteiger partial charge in [0.15, 0.2) is 4.87 Å². The monoisotopic (exact) mass is 399 g/mol. The highest BCUT2D eigenvalue weighted by Gasteiger charge is 2.53. The van der Waals surface area contributed by atoms with Crippen LogP contribution < -0.4 is 10.6 Å². The van der Waals surface area contributed by atoms with Crippen molar-refractivity contribution in [2.75, 3.05) is 17.7 Å². The molecular weight excluding hydrogens is 388 g/mol. The summed E-state index contributed by atoms with van der Waals surface area (Å²) >= 11 is 5.41. The molecule has 1 aromatic rings. The second kappa shape index (κ2) is 6.82. The van der Waals surface area contributed by atoms with Crippen LogP contribution in [0.4, 0.5) is 37.7 Å². The second-order valence-electron chi connectivity index (χ2n) is 5.37. The van der Waals surface area contributed by atoms with Gasteiger partial charge in [-0.15, -0.1) is 11.6 Å². The van der Waals surface area contributed by atoms with Crippen molar-refractivity contribution >= 4 is 35.1 Å². The van der Waals surface area contributed by atoms with Crippen molar-refractivity contribution < 1.29 is 31.1 Å². The standard InChI is InChI=1S/C15H12ClF6N3O/c1-23-9-3-2-8(14(17,18)19)6-11(9)25-12(26)10-4-5-13(16,7-24-10)15(20,21)22/h2-4,6-7,23H,5H2,1H3,(H,25,26). The van der Waals surface area contributed by atoms with Crippen LogP contribution in [0.1, 0.15) is 12.0 Å². The van der Waals surface area contributed by atoms with Gasteiger partial charge in [-0.2, -0.15) is 26.3 Å². The van der Waals surface area contributed by atoms with Crippen molar-refractivity contribution in [2.24, 2.45) is 4.99 Å². The third-order valence-electron chi connectivity index (χ3n) is 3.57. The molecule has 0 aliphatic carbocycles. The molecule has 11 heteroatoms. The van der Waals surface area contributed by atoms with Gasteiger partial charge in [-0.25, -0.2) is 0 Å². The van der Waals surface area contributed by atoms with Crippen LogP contribution in [0.5, 0.6) is 0 Å². The van der Waals surface area contributed by atoms with E-state index >= 15 is 0 Å². The lowest BCUT2D eigenvalue weighted by molar-refractivity contribution is -0.143. The number of amides is 1. The first-order valence-corrected chi connectivity index (χ1v) is 7.46. The molecule has 0 fully saturated rings. The van der Waals surface area contributed by atoms with E-state index in [1.54, 1.807) is 0 Å². The van der Waals surface area contributed by atoms with Crippen LogP contribution in [0.3, 0.4) is 0 Å². The summed E-state index contributed by atoms with van der Waals surface area (Å²) in [5.41, 5.74) is -1.38. The number of rotatable bonds is 3. The Kier molecular flexibility index (Phi) is 5.27. The quantitative estimate of drug-likeness (QED) is 0.577. The maximum atomic E-state index is 12.8. The largest absolute Gasteiger partial charge is 0.416 e. The molecular formula is C15H12ClF6N3O. The van der Waals surface area contributed by atoms with Gasteiger partial charge in [0, 0.05) is 19.7 Å². The number of alkyl halides is 7. The van der Waals surface area contributed by atoms with Crippen molar-refractivity contribution in [1.29, 1.82) is 0 Å². The first-order chi connectivity index (χ1) is 11.9. The Balaban J connectivity index is 2.22. The molecule has 1 aliphatic heterocycles. The Morgan fingerprint density at radius 1 is 1.19 bits per heavy atom. The van der Waals surface area contributed by atoms with Crippen molar-refractivity contribution in [3.63, 3.8) is 0 Å². The van der Waals surface area contributed by atoms with Crippen molar-refractivity contribution in [3.8, 4) is 0 Å². The molecule has 2 rings (SSSR count). The van der Waals surface area contributed by atoms with Crippen molar-refractivity contribution in [3.05, 3.63) is 35.5 Å². The van der Waals surface area contributed by atoms with Gasteiger partial charge in [-0.1, -0.05) is 6.08 Å². The fourth-order valence-electron chi connectivity index (χ4n) is 2.09. The second-order valence-corrected chi connectivity index (χ2v) is 6.05. The van der Waals surface area contributed by atoms with E-state index in [-0.39, 0.29) is 17.1 Å². The summed E-state index contributed by atoms with van der Waals surface area (Å²) in [7, 11) is 1.43. The predicted molar refractivity (Wildman–Crippen MR) is 85.5 cm³/mol. The van der Waals surface area contributed by atoms with E-state index in [0.717, 1.165) is 18.2 Å². The topological polar surface area (TPSA) is 53.5 Å². The molecule has 1 unspecified atom stereocenters. The first kappa shape index (κ1) is 20.1. The number of hydrogen-bond acceptors (Lipinski definition) is 3. The summed E-state index contributed by atoms with van der Waals surface area (Å²) in [5, 5.41) is 4.81. The molecule has 0 radical (unpaired) electrons. The molecule has 142 valence electrons. The minimum atomic E-state index is -4.77. The number of nitrogens with zero attached hydrogens (tertiary/aromatic N) is 1. The Bertz CT molecular complexity index is 772. The van der Waals surface area contributed by atoms with E-state index in [0.29, 0.717) is 12.3 Å². The number of benzene rings is 1. The summed E-state index contributed by atoms with van der Waals surface area (Å²) in [6.07, 6.45) is -8.85. The van der Waals surface area contributed by atoms with Gasteiger partial charge in [0.05, 0.1) is 16.9 Å². The number of carbonyl (C=O) groups is 1. The zero-order valence-corrected chi connectivity index (χ0v) is 13.9. The third-order valence-corrected chi connectivity index (χ3v) is 4.04. The molecule has 1 aromatic carbocycles. The van der Waals surface area contributed by atoms with Gasteiger partial charge in [-0.05, 0) is 18.2 Å². The average molecular weight is 400 g/mol. The van der Waals surface area contributed by atoms with Crippen LogP contribution in [-0.2, 0) is 11.0 Å². The smallest absolute Gasteiger partial charge is 0.386 e. The highest BCUT2D eigenvalue weighted by atomic mass is 35.5. The minimum Gasteiger partial charge on any atom is -0.386 e. The predicted octanol–water partition coefficient (Wildman–Crippen LogP) is 4.58. The molecule has 1 aliphatic rings. The lowest BCUT2D eigenvalue weighted by atomic mass is 10.0. The van der Waals surface area contributed by atoms with Crippen molar-refractivity contribution in [1.82, 2.24) is 0 Å². The van der Waals surface area contributed by atoms with Gasteiger partial charge >= 0.3 is 12.4 Å². The molecule has 1 amide bonds. The molecule has 1 atom stereocenters. The third kappa shape index (κ3) is 4.12. The Morgan fingerprint density at radius 2 is 1.85 bits per heavy atom. The van der Waals surface area contributed by atoms with Gasteiger partial charge in [0.2, 0.25) is 0 Å². The van der Waals surface area contributed by atoms with Crippen LogP contribution in [0.2, 0.25) is 0 Å². The lowest BCUT2D eigenvalue weighted by Gasteiger charge is -2.26. The Labute approximate surface area is 148 Å². The summed E-state index contributed by atoms with van der Waals surface area (Å²) in [4.78, 5) is 12.8. The van der Waals surface area contributed by atoms with E-state index < -0.39 is 35.1 Å². The maximum Gasteiger partial charge on any atom is 0.416 e. The van der Waals surface area contributed by atoms with Gasteiger partial charge < -0.3 is 10.6 Å². The minimum absolute atomic E-state index is 0.189. The first-order valence-electron chi connectivity index (χ1n) is 7.09. The van der Waals surface area contributed by atoms with Crippen molar-refractivity contribution in [2.45, 2.75) is 23.6 Å². The number of anilines is 2. The Morgan fingerprint density at radius 3 is 2.31 bits per heavy atom. The summed E-state index contributed by atoms with van der Waals surface area (Å²) < 4.78 is 76.8. The highest BCUT2D eigenvalue weighted by molar-refractivity contribution is 6.33. The molecule has 1 heterocycles. The number of halogens is 7. The number of hydrogen-bond donors (Lipinski definition) is 2. The van der Waals surface area contributed by atoms with E-state index in [1.165, 1.54) is 7.05 Å². The van der Waals surface area contributed by atoms with E-state index in [9.17, 15) is 31.1 Å². The summed E-state index contributed by atoms with van der Waals surface area (Å²) in [6, 6.07) is 2.65. The molecule has 4 nitrogen and oxygen atoms in total. The maximum absolute atomic E-state index is 12.8. The van der Waals surface area contributed by atoms with Gasteiger partial charge in [-0.3, -0.25) is 9.79 Å². The molecule has 0 spiro atoms. The van der Waals surface area contributed by atoms with Crippen LogP contribution in [-0.4, -0.2) is 30.2 Å². The molecule has 2 N–H and O–H groups in total. The van der Waals surface area contributed by atoms with Crippen LogP contribution in [0.25, 0.3) is 0 Å². The van der Waals surface area contributed by atoms with Crippen LogP contribution in [0.15, 0.2) is 35.0 Å². The zero-order valence-electron chi connectivity index (χ0n) is 13.1. The number of aliphatic imine (C=N–C) groups is 1. The van der Waals surface area contributed by atoms with E-state index in [4.69, 9.17) is 11.6 Å². The van der Waals surface area contributed by atoms with Crippen LogP contribution >= 0.6 is 11.6 Å². The van der Waals surface area contributed by atoms with Crippen LogP contribution in [0, 0.1) is 0 Å². The van der Waals surface area contributed by atoms with Gasteiger partial charge in [0.25, 0.3) is 5.91 Å². The lowest BCUT2D eigenvalue weighted by Crippen LogP contribution is -2.42. The SMILES string of the molecule is CNc1ccc(C(F)(F)F)cc1NC(=O)C1=CCC(Cl)(C(F)(F)F)C=N1. The summed E-state index contributed by atoms with van der Waals surface area (Å²) in [6.45, 7) is 0. The molecule has 0 saturated heterocycles. The molecule has 0 bridgehead atoms. The summed E-state index contributed by atoms with van der Waals surface area (Å²) in [5.74, 6) is -0.960. The van der Waals surface area contributed by atoms with E-state index in [1.807, 2.05) is 0 Å². The molecule has 0 saturated carbocycles. The number of nitrogens with one attached hydrogen (secondary N) is 2. The molecule has 0 aromatic heterocycles. The fourth-order valence-corrected chi connectivity index (χ4v) is 2.22. The number of carbonyl (C=O) groups excluding carboxylic acids is 1.